The molecule has 0 radical (unpaired) electrons. The van der Waals surface area contributed by atoms with Gasteiger partial charge in [-0.15, -0.1) is 0 Å². The van der Waals surface area contributed by atoms with Crippen LogP contribution in [-0.2, 0) is 16.0 Å². The van der Waals surface area contributed by atoms with Crippen molar-refractivity contribution in [2.75, 3.05) is 12.8 Å². The highest BCUT2D eigenvalue weighted by Crippen LogP contribution is 2.32. The Kier molecular flexibility index (Phi) is 3.60. The number of rotatable bonds is 3. The van der Waals surface area contributed by atoms with E-state index in [0.717, 1.165) is 13.3 Å². The molecule has 0 unspecified atom stereocenters. The number of pyridine rings is 1. The van der Waals surface area contributed by atoms with E-state index in [-0.39, 0.29) is 17.7 Å². The highest BCUT2D eigenvalue weighted by molar-refractivity contribution is 5.76. The molecule has 16 heavy (non-hydrogen) atoms. The van der Waals surface area contributed by atoms with Gasteiger partial charge >= 0.3 is 5.97 Å². The molecule has 0 amide bonds. The molecule has 88 valence electrons. The molecule has 0 spiro atoms. The summed E-state index contributed by atoms with van der Waals surface area (Å²) in [6, 6.07) is 0. The predicted molar refractivity (Wildman–Crippen MR) is 51.0 cm³/mol. The molecule has 0 aliphatic carbocycles. The van der Waals surface area contributed by atoms with Gasteiger partial charge in [-0.3, -0.25) is 4.79 Å². The number of nitrogen functional groups attached to an aromatic ring is 1. The molecule has 1 heterocycles. The molecule has 0 fully saturated rings. The molecule has 3 N–H and O–H groups in total. The Labute approximate surface area is 89.9 Å². The number of methoxy groups -OCH3 is 1. The normalized spacial score (nSPS) is 10.5. The van der Waals surface area contributed by atoms with Crippen LogP contribution in [0.4, 0.5) is 14.5 Å². The first-order valence-corrected chi connectivity index (χ1v) is 4.28. The number of hydrogen-bond acceptors (Lipinski definition) is 5. The summed E-state index contributed by atoms with van der Waals surface area (Å²) in [6.07, 6.45) is -2.34. The number of aromatic hydroxyl groups is 1. The minimum Gasteiger partial charge on any atom is -0.505 e. The van der Waals surface area contributed by atoms with E-state index in [0.29, 0.717) is 0 Å². The summed E-state index contributed by atoms with van der Waals surface area (Å²) in [5, 5.41) is 9.45. The lowest BCUT2D eigenvalue weighted by atomic mass is 10.1. The van der Waals surface area contributed by atoms with Crippen molar-refractivity contribution in [2.24, 2.45) is 0 Å². The zero-order chi connectivity index (χ0) is 12.3. The average molecular weight is 232 g/mol. The summed E-state index contributed by atoms with van der Waals surface area (Å²) in [5.41, 5.74) is 4.49. The van der Waals surface area contributed by atoms with Gasteiger partial charge in [-0.05, 0) is 0 Å². The van der Waals surface area contributed by atoms with Gasteiger partial charge in [0.15, 0.2) is 0 Å². The van der Waals surface area contributed by atoms with Gasteiger partial charge in [0.1, 0.15) is 11.4 Å². The monoisotopic (exact) mass is 232 g/mol. The van der Waals surface area contributed by atoms with Gasteiger partial charge in [-0.1, -0.05) is 0 Å². The van der Waals surface area contributed by atoms with Gasteiger partial charge in [0, 0.05) is 5.56 Å². The molecule has 1 rings (SSSR count). The van der Waals surface area contributed by atoms with E-state index in [1.807, 2.05) is 0 Å². The zero-order valence-corrected chi connectivity index (χ0v) is 8.41. The second-order valence-electron chi connectivity index (χ2n) is 2.98. The Hall–Kier alpha value is -1.92. The van der Waals surface area contributed by atoms with Gasteiger partial charge in [-0.2, -0.15) is 0 Å². The SMILES string of the molecule is COC(=O)Cc1c(N)cnc(C(F)F)c1O. The predicted octanol–water partition coefficient (Wildman–Crippen LogP) is 1.02. The van der Waals surface area contributed by atoms with Crippen molar-refractivity contribution in [3.05, 3.63) is 17.5 Å². The first-order valence-electron chi connectivity index (χ1n) is 4.28. The van der Waals surface area contributed by atoms with Gasteiger partial charge < -0.3 is 15.6 Å². The van der Waals surface area contributed by atoms with Crippen molar-refractivity contribution in [1.82, 2.24) is 4.98 Å². The fourth-order valence-corrected chi connectivity index (χ4v) is 1.13. The van der Waals surface area contributed by atoms with E-state index >= 15 is 0 Å². The summed E-state index contributed by atoms with van der Waals surface area (Å²) >= 11 is 0. The first kappa shape index (κ1) is 12.2. The maximum absolute atomic E-state index is 12.4. The first-order chi connectivity index (χ1) is 7.47. The number of hydrogen-bond donors (Lipinski definition) is 2. The number of carbonyl (C=O) groups excluding carboxylic acids is 1. The number of alkyl halides is 2. The second kappa shape index (κ2) is 4.73. The van der Waals surface area contributed by atoms with E-state index in [1.54, 1.807) is 0 Å². The summed E-state index contributed by atoms with van der Waals surface area (Å²) in [4.78, 5) is 14.3. The molecule has 0 aliphatic heterocycles. The van der Waals surface area contributed by atoms with Crippen molar-refractivity contribution in [2.45, 2.75) is 12.8 Å². The quantitative estimate of drug-likeness (QED) is 0.760. The number of ether oxygens (including phenoxy) is 1. The van der Waals surface area contributed by atoms with E-state index < -0.39 is 23.8 Å². The van der Waals surface area contributed by atoms with E-state index in [9.17, 15) is 18.7 Å². The summed E-state index contributed by atoms with van der Waals surface area (Å²) < 4.78 is 29.1. The van der Waals surface area contributed by atoms with Crippen LogP contribution in [0.15, 0.2) is 6.20 Å². The Morgan fingerprint density at radius 1 is 1.69 bits per heavy atom. The molecule has 1 aromatic rings. The lowest BCUT2D eigenvalue weighted by molar-refractivity contribution is -0.139. The molecular formula is C9H10F2N2O3. The summed E-state index contributed by atoms with van der Waals surface area (Å²) in [7, 11) is 1.14. The van der Waals surface area contributed by atoms with Crippen LogP contribution in [0.3, 0.4) is 0 Å². The minimum atomic E-state index is -2.93. The number of esters is 1. The molecular weight excluding hydrogens is 222 g/mol. The largest absolute Gasteiger partial charge is 0.505 e. The van der Waals surface area contributed by atoms with Gasteiger partial charge in [0.05, 0.1) is 25.4 Å². The average Bonchev–Trinajstić information content (AvgIpc) is 2.23. The molecule has 0 saturated carbocycles. The Balaban J connectivity index is 3.16. The Morgan fingerprint density at radius 3 is 2.81 bits per heavy atom. The van der Waals surface area contributed by atoms with Crippen LogP contribution in [0.1, 0.15) is 17.7 Å². The van der Waals surface area contributed by atoms with Crippen molar-refractivity contribution in [3.8, 4) is 5.75 Å². The van der Waals surface area contributed by atoms with Crippen LogP contribution in [0.5, 0.6) is 5.75 Å². The van der Waals surface area contributed by atoms with Gasteiger partial charge in [0.2, 0.25) is 0 Å². The van der Waals surface area contributed by atoms with Gasteiger partial charge in [-0.25, -0.2) is 13.8 Å². The lowest BCUT2D eigenvalue weighted by Gasteiger charge is -2.10. The minimum absolute atomic E-state index is 0.0349. The molecule has 5 nitrogen and oxygen atoms in total. The van der Waals surface area contributed by atoms with E-state index in [4.69, 9.17) is 5.73 Å². The second-order valence-corrected chi connectivity index (χ2v) is 2.98. The molecule has 7 heteroatoms. The summed E-state index contributed by atoms with van der Waals surface area (Å²) in [5.74, 6) is -1.45. The molecule has 0 aliphatic rings. The molecule has 0 saturated heterocycles. The third-order valence-corrected chi connectivity index (χ3v) is 1.98. The maximum atomic E-state index is 12.4. The van der Waals surface area contributed by atoms with Crippen LogP contribution in [-0.4, -0.2) is 23.2 Å². The van der Waals surface area contributed by atoms with Crippen LogP contribution >= 0.6 is 0 Å². The van der Waals surface area contributed by atoms with Crippen molar-refractivity contribution >= 4 is 11.7 Å². The maximum Gasteiger partial charge on any atom is 0.310 e. The molecule has 1 aromatic heterocycles. The highest BCUT2D eigenvalue weighted by atomic mass is 19.3. The standard InChI is InChI=1S/C9H10F2N2O3/c1-16-6(14)2-4-5(12)3-13-7(8(4)15)9(10)11/h3,9,15H,2,12H2,1H3. The fraction of sp³-hybridized carbons (Fsp3) is 0.333. The van der Waals surface area contributed by atoms with Crippen molar-refractivity contribution < 1.29 is 23.4 Å². The third kappa shape index (κ3) is 2.36. The molecule has 0 atom stereocenters. The number of nitrogens with two attached hydrogens (primary N) is 1. The van der Waals surface area contributed by atoms with Gasteiger partial charge in [0.25, 0.3) is 6.43 Å². The Bertz CT molecular complexity index is 410. The van der Waals surface area contributed by atoms with Crippen molar-refractivity contribution in [1.29, 1.82) is 0 Å². The van der Waals surface area contributed by atoms with Crippen LogP contribution in [0.2, 0.25) is 0 Å². The topological polar surface area (TPSA) is 85.4 Å². The summed E-state index contributed by atoms with van der Waals surface area (Å²) in [6.45, 7) is 0. The molecule has 0 bridgehead atoms. The third-order valence-electron chi connectivity index (χ3n) is 1.98. The van der Waals surface area contributed by atoms with E-state index in [2.05, 4.69) is 9.72 Å². The van der Waals surface area contributed by atoms with Crippen LogP contribution in [0, 0.1) is 0 Å². The van der Waals surface area contributed by atoms with Crippen LogP contribution in [0.25, 0.3) is 0 Å². The number of aromatic nitrogens is 1. The number of carbonyl (C=O) groups is 1. The molecule has 0 aromatic carbocycles. The van der Waals surface area contributed by atoms with E-state index in [1.165, 1.54) is 0 Å². The highest BCUT2D eigenvalue weighted by Gasteiger charge is 2.21. The number of anilines is 1. The Morgan fingerprint density at radius 2 is 2.31 bits per heavy atom. The fourth-order valence-electron chi connectivity index (χ4n) is 1.13. The zero-order valence-electron chi connectivity index (χ0n) is 8.41. The number of nitrogens with zero attached hydrogens (tertiary/aromatic N) is 1. The number of halogens is 2. The smallest absolute Gasteiger partial charge is 0.310 e. The lowest BCUT2D eigenvalue weighted by Crippen LogP contribution is -2.09. The van der Waals surface area contributed by atoms with Crippen molar-refractivity contribution in [3.63, 3.8) is 0 Å². The van der Waals surface area contributed by atoms with Crippen LogP contribution < -0.4 is 5.73 Å².